The molecular formula is C18H28N2O3. The van der Waals surface area contributed by atoms with E-state index in [2.05, 4.69) is 19.2 Å². The Bertz CT molecular complexity index is 467. The van der Waals surface area contributed by atoms with E-state index in [1.165, 1.54) is 0 Å². The highest BCUT2D eigenvalue weighted by Crippen LogP contribution is 2.09. The van der Waals surface area contributed by atoms with Crippen molar-refractivity contribution in [3.05, 3.63) is 35.9 Å². The van der Waals surface area contributed by atoms with Gasteiger partial charge in [-0.3, -0.25) is 0 Å². The van der Waals surface area contributed by atoms with E-state index >= 15 is 0 Å². The Balaban J connectivity index is 1.71. The monoisotopic (exact) mass is 320 g/mol. The first-order chi connectivity index (χ1) is 11.2. The number of hydrogen-bond acceptors (Lipinski definition) is 4. The SMILES string of the molecule is CCC(C)CNCC1CN(C(=O)OCc2ccccc2)CCO1. The van der Waals surface area contributed by atoms with Crippen LogP contribution in [0.4, 0.5) is 4.79 Å². The normalized spacial score (nSPS) is 19.4. The van der Waals surface area contributed by atoms with E-state index in [-0.39, 0.29) is 12.2 Å². The predicted molar refractivity (Wildman–Crippen MR) is 90.3 cm³/mol. The molecule has 5 heteroatoms. The summed E-state index contributed by atoms with van der Waals surface area (Å²) in [7, 11) is 0. The van der Waals surface area contributed by atoms with Crippen LogP contribution in [0.5, 0.6) is 0 Å². The van der Waals surface area contributed by atoms with Gasteiger partial charge in [-0.1, -0.05) is 50.6 Å². The zero-order valence-electron chi connectivity index (χ0n) is 14.2. The molecular weight excluding hydrogens is 292 g/mol. The molecule has 1 aliphatic heterocycles. The minimum absolute atomic E-state index is 0.0390. The molecule has 0 aliphatic carbocycles. The van der Waals surface area contributed by atoms with Gasteiger partial charge in [-0.15, -0.1) is 0 Å². The van der Waals surface area contributed by atoms with E-state index in [0.29, 0.717) is 32.2 Å². The van der Waals surface area contributed by atoms with Crippen LogP contribution in [0.1, 0.15) is 25.8 Å². The Morgan fingerprint density at radius 3 is 2.96 bits per heavy atom. The van der Waals surface area contributed by atoms with Crippen LogP contribution in [0.3, 0.4) is 0 Å². The van der Waals surface area contributed by atoms with E-state index in [4.69, 9.17) is 9.47 Å². The fraction of sp³-hybridized carbons (Fsp3) is 0.611. The number of benzene rings is 1. The van der Waals surface area contributed by atoms with Crippen molar-refractivity contribution in [1.29, 1.82) is 0 Å². The predicted octanol–water partition coefficient (Wildman–Crippen LogP) is 2.66. The molecule has 0 saturated carbocycles. The molecule has 1 fully saturated rings. The maximum Gasteiger partial charge on any atom is 0.410 e. The molecule has 1 amide bonds. The summed E-state index contributed by atoms with van der Waals surface area (Å²) in [5, 5.41) is 3.42. The molecule has 128 valence electrons. The number of ether oxygens (including phenoxy) is 2. The summed E-state index contributed by atoms with van der Waals surface area (Å²) in [5.41, 5.74) is 1.00. The van der Waals surface area contributed by atoms with Crippen molar-refractivity contribution in [2.24, 2.45) is 5.92 Å². The van der Waals surface area contributed by atoms with Gasteiger partial charge in [-0.2, -0.15) is 0 Å². The second-order valence-corrected chi connectivity index (χ2v) is 6.15. The molecule has 0 radical (unpaired) electrons. The minimum atomic E-state index is -0.260. The first-order valence-corrected chi connectivity index (χ1v) is 8.47. The van der Waals surface area contributed by atoms with Crippen LogP contribution in [0, 0.1) is 5.92 Å². The van der Waals surface area contributed by atoms with Crippen LogP contribution < -0.4 is 5.32 Å². The van der Waals surface area contributed by atoms with Crippen molar-refractivity contribution in [2.75, 3.05) is 32.8 Å². The third-order valence-electron chi connectivity index (χ3n) is 4.16. The largest absolute Gasteiger partial charge is 0.445 e. The average Bonchev–Trinajstić information content (AvgIpc) is 2.60. The van der Waals surface area contributed by atoms with Crippen LogP contribution in [0.15, 0.2) is 30.3 Å². The number of morpholine rings is 1. The second-order valence-electron chi connectivity index (χ2n) is 6.15. The maximum absolute atomic E-state index is 12.2. The first-order valence-electron chi connectivity index (χ1n) is 8.47. The highest BCUT2D eigenvalue weighted by Gasteiger charge is 2.25. The van der Waals surface area contributed by atoms with E-state index in [1.54, 1.807) is 4.90 Å². The molecule has 0 spiro atoms. The van der Waals surface area contributed by atoms with Gasteiger partial charge in [0.15, 0.2) is 0 Å². The van der Waals surface area contributed by atoms with E-state index in [0.717, 1.165) is 25.1 Å². The lowest BCUT2D eigenvalue weighted by Crippen LogP contribution is -2.49. The number of amides is 1. The van der Waals surface area contributed by atoms with E-state index in [9.17, 15) is 4.79 Å². The topological polar surface area (TPSA) is 50.8 Å². The number of hydrogen-bond donors (Lipinski definition) is 1. The fourth-order valence-corrected chi connectivity index (χ4v) is 2.45. The van der Waals surface area contributed by atoms with E-state index < -0.39 is 0 Å². The smallest absolute Gasteiger partial charge is 0.410 e. The van der Waals surface area contributed by atoms with Crippen LogP contribution in [0.2, 0.25) is 0 Å². The van der Waals surface area contributed by atoms with Gasteiger partial charge in [0.25, 0.3) is 0 Å². The van der Waals surface area contributed by atoms with Gasteiger partial charge in [-0.25, -0.2) is 4.79 Å². The molecule has 1 heterocycles. The molecule has 5 nitrogen and oxygen atoms in total. The molecule has 0 bridgehead atoms. The number of rotatable bonds is 7. The molecule has 0 aromatic heterocycles. The second kappa shape index (κ2) is 9.53. The summed E-state index contributed by atoms with van der Waals surface area (Å²) in [6, 6.07) is 9.74. The van der Waals surface area contributed by atoms with Gasteiger partial charge in [-0.05, 0) is 18.0 Å². The molecule has 2 rings (SSSR count). The molecule has 2 unspecified atom stereocenters. The standard InChI is InChI=1S/C18H28N2O3/c1-3-15(2)11-19-12-17-13-20(9-10-22-17)18(21)23-14-16-7-5-4-6-8-16/h4-8,15,17,19H,3,9-14H2,1-2H3. The van der Waals surface area contributed by atoms with Gasteiger partial charge >= 0.3 is 6.09 Å². The number of carbonyl (C=O) groups excluding carboxylic acids is 1. The summed E-state index contributed by atoms with van der Waals surface area (Å²) in [6.45, 7) is 8.22. The van der Waals surface area contributed by atoms with Crippen LogP contribution in [-0.4, -0.2) is 49.9 Å². The molecule has 23 heavy (non-hydrogen) atoms. The van der Waals surface area contributed by atoms with Crippen molar-refractivity contribution in [2.45, 2.75) is 33.0 Å². The number of nitrogens with one attached hydrogen (secondary N) is 1. The zero-order chi connectivity index (χ0) is 16.5. The summed E-state index contributed by atoms with van der Waals surface area (Å²) in [6.07, 6.45) is 0.942. The molecule has 1 saturated heterocycles. The first kappa shape index (κ1) is 17.8. The van der Waals surface area contributed by atoms with Crippen molar-refractivity contribution >= 4 is 6.09 Å². The van der Waals surface area contributed by atoms with Gasteiger partial charge in [0.05, 0.1) is 19.3 Å². The molecule has 1 aliphatic rings. The summed E-state index contributed by atoms with van der Waals surface area (Å²) < 4.78 is 11.1. The number of carbonyl (C=O) groups is 1. The Hall–Kier alpha value is -1.59. The summed E-state index contributed by atoms with van der Waals surface area (Å²) in [5.74, 6) is 0.658. The Morgan fingerprint density at radius 1 is 1.43 bits per heavy atom. The molecule has 1 N–H and O–H groups in total. The summed E-state index contributed by atoms with van der Waals surface area (Å²) >= 11 is 0. The van der Waals surface area contributed by atoms with Gasteiger partial charge in [0, 0.05) is 13.1 Å². The highest BCUT2D eigenvalue weighted by atomic mass is 16.6. The quantitative estimate of drug-likeness (QED) is 0.839. The zero-order valence-corrected chi connectivity index (χ0v) is 14.2. The Kier molecular flexibility index (Phi) is 7.36. The lowest BCUT2D eigenvalue weighted by Gasteiger charge is -2.32. The lowest BCUT2D eigenvalue weighted by molar-refractivity contribution is -0.0272. The maximum atomic E-state index is 12.2. The van der Waals surface area contributed by atoms with Gasteiger partial charge in [0.1, 0.15) is 6.61 Å². The lowest BCUT2D eigenvalue weighted by atomic mass is 10.1. The van der Waals surface area contributed by atoms with Crippen molar-refractivity contribution in [1.82, 2.24) is 10.2 Å². The van der Waals surface area contributed by atoms with Crippen molar-refractivity contribution in [3.8, 4) is 0 Å². The highest BCUT2D eigenvalue weighted by molar-refractivity contribution is 5.67. The molecule has 2 atom stereocenters. The van der Waals surface area contributed by atoms with Gasteiger partial charge in [0.2, 0.25) is 0 Å². The molecule has 1 aromatic carbocycles. The minimum Gasteiger partial charge on any atom is -0.445 e. The Labute approximate surface area is 139 Å². The number of nitrogens with zero attached hydrogens (tertiary/aromatic N) is 1. The molecule has 1 aromatic rings. The fourth-order valence-electron chi connectivity index (χ4n) is 2.45. The third kappa shape index (κ3) is 6.20. The van der Waals surface area contributed by atoms with Gasteiger partial charge < -0.3 is 19.7 Å². The average molecular weight is 320 g/mol. The van der Waals surface area contributed by atoms with Crippen molar-refractivity contribution in [3.63, 3.8) is 0 Å². The van der Waals surface area contributed by atoms with Crippen LogP contribution in [-0.2, 0) is 16.1 Å². The van der Waals surface area contributed by atoms with Crippen LogP contribution >= 0.6 is 0 Å². The Morgan fingerprint density at radius 2 is 2.22 bits per heavy atom. The van der Waals surface area contributed by atoms with Crippen LogP contribution in [0.25, 0.3) is 0 Å². The van der Waals surface area contributed by atoms with E-state index in [1.807, 2.05) is 30.3 Å². The summed E-state index contributed by atoms with van der Waals surface area (Å²) in [4.78, 5) is 13.9. The van der Waals surface area contributed by atoms with Crippen molar-refractivity contribution < 1.29 is 14.3 Å². The third-order valence-corrected chi connectivity index (χ3v) is 4.16.